The predicted molar refractivity (Wildman–Crippen MR) is 90.4 cm³/mol. The quantitative estimate of drug-likeness (QED) is 0.837. The number of methoxy groups -OCH3 is 3. The molecule has 5 nitrogen and oxygen atoms in total. The van der Waals surface area contributed by atoms with Crippen LogP contribution in [-0.2, 0) is 0 Å². The van der Waals surface area contributed by atoms with Crippen molar-refractivity contribution in [1.29, 1.82) is 0 Å². The van der Waals surface area contributed by atoms with Crippen LogP contribution in [0.1, 0.15) is 38.9 Å². The van der Waals surface area contributed by atoms with Crippen molar-refractivity contribution in [2.45, 2.75) is 39.3 Å². The van der Waals surface area contributed by atoms with Gasteiger partial charge in [-0.3, -0.25) is 0 Å². The van der Waals surface area contributed by atoms with E-state index in [0.29, 0.717) is 29.2 Å². The Hall–Kier alpha value is -1.17. The summed E-state index contributed by atoms with van der Waals surface area (Å²) >= 11 is 0. The summed E-state index contributed by atoms with van der Waals surface area (Å²) in [5, 5.41) is 10.4. The van der Waals surface area contributed by atoms with E-state index < -0.39 is 6.10 Å². The molecule has 2 atom stereocenters. The van der Waals surface area contributed by atoms with Gasteiger partial charge in [0.1, 0.15) is 0 Å². The van der Waals surface area contributed by atoms with Crippen molar-refractivity contribution >= 4 is 12.4 Å². The molecule has 0 saturated heterocycles. The van der Waals surface area contributed by atoms with Crippen LogP contribution < -0.4 is 19.9 Å². The Kier molecular flexibility index (Phi) is 8.01. The monoisotopic (exact) mass is 333 g/mol. The fourth-order valence-electron chi connectivity index (χ4n) is 2.02. The smallest absolute Gasteiger partial charge is 0.203 e. The van der Waals surface area contributed by atoms with Crippen LogP contribution in [0.25, 0.3) is 0 Å². The lowest BCUT2D eigenvalue weighted by molar-refractivity contribution is 0.132. The van der Waals surface area contributed by atoms with Gasteiger partial charge in [-0.2, -0.15) is 0 Å². The first-order valence-electron chi connectivity index (χ1n) is 6.98. The molecule has 0 spiro atoms. The minimum absolute atomic E-state index is 0. The molecule has 0 aliphatic rings. The van der Waals surface area contributed by atoms with Crippen LogP contribution in [0.3, 0.4) is 0 Å². The second kappa shape index (κ2) is 8.46. The number of halogens is 1. The van der Waals surface area contributed by atoms with Crippen molar-refractivity contribution in [2.75, 3.05) is 21.3 Å². The van der Waals surface area contributed by atoms with E-state index in [1.54, 1.807) is 33.5 Å². The largest absolute Gasteiger partial charge is 0.493 e. The van der Waals surface area contributed by atoms with E-state index >= 15 is 0 Å². The molecule has 1 aromatic rings. The van der Waals surface area contributed by atoms with Gasteiger partial charge in [0.15, 0.2) is 11.5 Å². The van der Waals surface area contributed by atoms with Crippen molar-refractivity contribution in [2.24, 2.45) is 11.1 Å². The molecule has 0 radical (unpaired) electrons. The van der Waals surface area contributed by atoms with Crippen LogP contribution in [0, 0.1) is 5.41 Å². The van der Waals surface area contributed by atoms with Gasteiger partial charge in [-0.15, -0.1) is 12.4 Å². The number of benzene rings is 1. The van der Waals surface area contributed by atoms with Crippen molar-refractivity contribution in [3.05, 3.63) is 17.7 Å². The lowest BCUT2D eigenvalue weighted by atomic mass is 9.83. The van der Waals surface area contributed by atoms with Gasteiger partial charge >= 0.3 is 0 Å². The summed E-state index contributed by atoms with van der Waals surface area (Å²) in [6, 6.07) is 3.38. The topological polar surface area (TPSA) is 73.9 Å². The first-order chi connectivity index (χ1) is 9.74. The van der Waals surface area contributed by atoms with Gasteiger partial charge in [-0.05, 0) is 29.5 Å². The van der Waals surface area contributed by atoms with E-state index in [2.05, 4.69) is 20.8 Å². The van der Waals surface area contributed by atoms with Gasteiger partial charge in [0.25, 0.3) is 0 Å². The van der Waals surface area contributed by atoms with E-state index in [0.717, 1.165) is 0 Å². The van der Waals surface area contributed by atoms with Crippen LogP contribution in [0.5, 0.6) is 17.2 Å². The van der Waals surface area contributed by atoms with Crippen LogP contribution in [0.15, 0.2) is 12.1 Å². The van der Waals surface area contributed by atoms with Crippen molar-refractivity contribution < 1.29 is 19.3 Å². The average molecular weight is 334 g/mol. The Morgan fingerprint density at radius 3 is 1.82 bits per heavy atom. The highest BCUT2D eigenvalue weighted by Gasteiger charge is 2.25. The zero-order valence-corrected chi connectivity index (χ0v) is 15.0. The highest BCUT2D eigenvalue weighted by molar-refractivity contribution is 5.85. The molecule has 0 amide bonds. The molecule has 22 heavy (non-hydrogen) atoms. The number of rotatable bonds is 6. The number of hydrogen-bond donors (Lipinski definition) is 2. The fourth-order valence-corrected chi connectivity index (χ4v) is 2.02. The van der Waals surface area contributed by atoms with Crippen molar-refractivity contribution in [3.63, 3.8) is 0 Å². The molecule has 0 heterocycles. The van der Waals surface area contributed by atoms with Gasteiger partial charge in [0, 0.05) is 6.04 Å². The molecule has 0 fully saturated rings. The second-order valence-corrected chi connectivity index (χ2v) is 6.18. The standard InChI is InChI=1S/C16H27NO4.ClH/c1-16(2,3)14(17)9-11(18)10-7-12(19-4)15(21-6)13(8-10)20-5;/h7-8,11,14,18H,9,17H2,1-6H3;1H/t11-,14-;/m0./s1. The Morgan fingerprint density at radius 1 is 1.05 bits per heavy atom. The number of aliphatic hydroxyl groups is 1. The van der Waals surface area contributed by atoms with Crippen LogP contribution in [0.2, 0.25) is 0 Å². The summed E-state index contributed by atoms with van der Waals surface area (Å²) in [5.74, 6) is 1.56. The minimum atomic E-state index is -0.687. The molecule has 1 aromatic carbocycles. The van der Waals surface area contributed by atoms with Crippen LogP contribution in [-0.4, -0.2) is 32.5 Å². The summed E-state index contributed by atoms with van der Waals surface area (Å²) < 4.78 is 15.9. The Balaban J connectivity index is 0.00000441. The molecule has 0 aliphatic heterocycles. The summed E-state index contributed by atoms with van der Waals surface area (Å²) in [6.45, 7) is 6.17. The lowest BCUT2D eigenvalue weighted by Crippen LogP contribution is -2.36. The first-order valence-corrected chi connectivity index (χ1v) is 6.98. The third kappa shape index (κ3) is 4.93. The van der Waals surface area contributed by atoms with Gasteiger partial charge in [-0.25, -0.2) is 0 Å². The second-order valence-electron chi connectivity index (χ2n) is 6.18. The maximum atomic E-state index is 10.4. The zero-order chi connectivity index (χ0) is 16.2. The first kappa shape index (κ1) is 20.8. The molecular weight excluding hydrogens is 306 g/mol. The van der Waals surface area contributed by atoms with Crippen LogP contribution in [0.4, 0.5) is 0 Å². The molecule has 3 N–H and O–H groups in total. The minimum Gasteiger partial charge on any atom is -0.493 e. The molecule has 128 valence electrons. The summed E-state index contributed by atoms with van der Waals surface area (Å²) in [6.07, 6.45) is -0.227. The third-order valence-corrected chi connectivity index (χ3v) is 3.66. The van der Waals surface area contributed by atoms with E-state index in [1.165, 1.54) is 0 Å². The molecule has 6 heteroatoms. The number of nitrogens with two attached hydrogens (primary N) is 1. The predicted octanol–water partition coefficient (Wildman–Crippen LogP) is 2.93. The zero-order valence-electron chi connectivity index (χ0n) is 14.2. The molecular formula is C16H28ClNO4. The molecule has 1 rings (SSSR count). The van der Waals surface area contributed by atoms with E-state index in [1.807, 2.05) is 0 Å². The fraction of sp³-hybridized carbons (Fsp3) is 0.625. The van der Waals surface area contributed by atoms with Gasteiger partial charge in [-0.1, -0.05) is 20.8 Å². The van der Waals surface area contributed by atoms with E-state index in [-0.39, 0.29) is 23.9 Å². The van der Waals surface area contributed by atoms with Gasteiger partial charge in [0.2, 0.25) is 5.75 Å². The Labute approximate surface area is 139 Å². The lowest BCUT2D eigenvalue weighted by Gasteiger charge is -2.29. The van der Waals surface area contributed by atoms with E-state index in [9.17, 15) is 5.11 Å². The average Bonchev–Trinajstić information content (AvgIpc) is 2.44. The molecule has 0 aliphatic carbocycles. The number of aliphatic hydroxyl groups excluding tert-OH is 1. The molecule has 0 unspecified atom stereocenters. The highest BCUT2D eigenvalue weighted by Crippen LogP contribution is 2.40. The van der Waals surface area contributed by atoms with Gasteiger partial charge in [0.05, 0.1) is 27.4 Å². The summed E-state index contributed by atoms with van der Waals surface area (Å²) in [4.78, 5) is 0. The normalized spacial score (nSPS) is 13.8. The highest BCUT2D eigenvalue weighted by atomic mass is 35.5. The Morgan fingerprint density at radius 2 is 1.50 bits per heavy atom. The molecule has 0 saturated carbocycles. The molecule has 0 aromatic heterocycles. The summed E-state index contributed by atoms with van der Waals surface area (Å²) in [7, 11) is 4.65. The van der Waals surface area contributed by atoms with Crippen LogP contribution >= 0.6 is 12.4 Å². The summed E-state index contributed by atoms with van der Waals surface area (Å²) in [5.41, 5.74) is 6.77. The Bertz CT molecular complexity index is 449. The number of hydrogen-bond acceptors (Lipinski definition) is 5. The van der Waals surface area contributed by atoms with Crippen molar-refractivity contribution in [3.8, 4) is 17.2 Å². The maximum Gasteiger partial charge on any atom is 0.203 e. The SMILES string of the molecule is COc1cc([C@@H](O)C[C@H](N)C(C)(C)C)cc(OC)c1OC.Cl. The van der Waals surface area contributed by atoms with Crippen molar-refractivity contribution in [1.82, 2.24) is 0 Å². The maximum absolute atomic E-state index is 10.4. The molecule has 0 bridgehead atoms. The third-order valence-electron chi connectivity index (χ3n) is 3.66. The number of ether oxygens (including phenoxy) is 3. The van der Waals surface area contributed by atoms with E-state index in [4.69, 9.17) is 19.9 Å². The van der Waals surface area contributed by atoms with Gasteiger partial charge < -0.3 is 25.1 Å².